The van der Waals surface area contributed by atoms with E-state index >= 15 is 0 Å². The number of benzene rings is 1. The number of nitrogens with one attached hydrogen (secondary N) is 1. The van der Waals surface area contributed by atoms with Crippen molar-refractivity contribution < 1.29 is 0 Å². The summed E-state index contributed by atoms with van der Waals surface area (Å²) in [7, 11) is 1.95. The second-order valence-corrected chi connectivity index (χ2v) is 5.32. The minimum Gasteiger partial charge on any atom is -0.316 e. The van der Waals surface area contributed by atoms with E-state index in [0.29, 0.717) is 5.92 Å². The second kappa shape index (κ2) is 7.20. The highest BCUT2D eigenvalue weighted by molar-refractivity contribution is 5.25. The zero-order chi connectivity index (χ0) is 14.4. The molecule has 2 aromatic rings. The maximum atomic E-state index is 4.35. The average Bonchev–Trinajstić information content (AvgIpc) is 2.84. The summed E-state index contributed by atoms with van der Waals surface area (Å²) in [5, 5.41) is 7.68. The number of hydrogen-bond donors (Lipinski definition) is 1. The van der Waals surface area contributed by atoms with Crippen molar-refractivity contribution in [2.75, 3.05) is 13.1 Å². The van der Waals surface area contributed by atoms with Crippen LogP contribution >= 0.6 is 0 Å². The van der Waals surface area contributed by atoms with Gasteiger partial charge in [0, 0.05) is 25.9 Å². The van der Waals surface area contributed by atoms with Gasteiger partial charge < -0.3 is 5.32 Å². The molecule has 1 aromatic heterocycles. The molecule has 2 rings (SSSR count). The molecule has 1 unspecified atom stereocenters. The summed E-state index contributed by atoms with van der Waals surface area (Å²) in [6.07, 6.45) is 3.70. The molecule has 1 N–H and O–H groups in total. The van der Waals surface area contributed by atoms with Gasteiger partial charge in [-0.25, -0.2) is 4.98 Å². The van der Waals surface area contributed by atoms with Crippen molar-refractivity contribution in [1.29, 1.82) is 0 Å². The fourth-order valence-electron chi connectivity index (χ4n) is 2.32. The molecule has 0 amide bonds. The van der Waals surface area contributed by atoms with Crippen molar-refractivity contribution in [3.8, 4) is 0 Å². The lowest BCUT2D eigenvalue weighted by Gasteiger charge is -2.18. The van der Waals surface area contributed by atoms with Gasteiger partial charge in [0.2, 0.25) is 0 Å². The van der Waals surface area contributed by atoms with E-state index in [1.54, 1.807) is 6.33 Å². The fraction of sp³-hybridized carbons (Fsp3) is 0.500. The minimum absolute atomic E-state index is 0.435. The lowest BCUT2D eigenvalue weighted by atomic mass is 9.94. The summed E-state index contributed by atoms with van der Waals surface area (Å²) in [6.45, 7) is 6.35. The Morgan fingerprint density at radius 2 is 2.00 bits per heavy atom. The van der Waals surface area contributed by atoms with Crippen LogP contribution < -0.4 is 5.32 Å². The molecule has 0 aliphatic carbocycles. The van der Waals surface area contributed by atoms with Crippen molar-refractivity contribution >= 4 is 0 Å². The Morgan fingerprint density at radius 3 is 2.60 bits per heavy atom. The van der Waals surface area contributed by atoms with E-state index < -0.39 is 0 Å². The van der Waals surface area contributed by atoms with Crippen LogP contribution in [-0.2, 0) is 13.5 Å². The summed E-state index contributed by atoms with van der Waals surface area (Å²) in [5.74, 6) is 1.47. The highest BCUT2D eigenvalue weighted by Gasteiger charge is 2.14. The zero-order valence-electron chi connectivity index (χ0n) is 12.6. The number of rotatable bonds is 7. The Morgan fingerprint density at radius 1 is 1.25 bits per heavy atom. The number of aromatic nitrogens is 3. The maximum Gasteiger partial charge on any atom is 0.138 e. The van der Waals surface area contributed by atoms with Crippen molar-refractivity contribution in [3.05, 3.63) is 47.5 Å². The van der Waals surface area contributed by atoms with Crippen LogP contribution in [0.2, 0.25) is 0 Å². The van der Waals surface area contributed by atoms with Crippen LogP contribution in [0.1, 0.15) is 36.2 Å². The zero-order valence-corrected chi connectivity index (χ0v) is 12.6. The van der Waals surface area contributed by atoms with Crippen LogP contribution in [0.4, 0.5) is 0 Å². The summed E-state index contributed by atoms with van der Waals surface area (Å²) in [5.41, 5.74) is 2.66. The lowest BCUT2D eigenvalue weighted by molar-refractivity contribution is 0.551. The van der Waals surface area contributed by atoms with Crippen LogP contribution in [0.25, 0.3) is 0 Å². The van der Waals surface area contributed by atoms with Gasteiger partial charge in [0.25, 0.3) is 0 Å². The van der Waals surface area contributed by atoms with Crippen LogP contribution in [0.15, 0.2) is 30.6 Å². The lowest BCUT2D eigenvalue weighted by Crippen LogP contribution is -2.24. The smallest absolute Gasteiger partial charge is 0.138 e. The Kier molecular flexibility index (Phi) is 5.30. The summed E-state index contributed by atoms with van der Waals surface area (Å²) in [4.78, 5) is 4.35. The average molecular weight is 272 g/mol. The van der Waals surface area contributed by atoms with Gasteiger partial charge in [-0.3, -0.25) is 4.68 Å². The van der Waals surface area contributed by atoms with Gasteiger partial charge in [-0.2, -0.15) is 5.10 Å². The first-order valence-electron chi connectivity index (χ1n) is 7.31. The molecule has 1 heterocycles. The van der Waals surface area contributed by atoms with Gasteiger partial charge in [-0.1, -0.05) is 36.8 Å². The molecule has 108 valence electrons. The highest BCUT2D eigenvalue weighted by atomic mass is 15.3. The highest BCUT2D eigenvalue weighted by Crippen LogP contribution is 2.20. The van der Waals surface area contributed by atoms with E-state index in [0.717, 1.165) is 31.8 Å². The van der Waals surface area contributed by atoms with E-state index in [2.05, 4.69) is 53.5 Å². The van der Waals surface area contributed by atoms with Crippen LogP contribution in [0.3, 0.4) is 0 Å². The first-order chi connectivity index (χ1) is 9.70. The Labute approximate surface area is 121 Å². The Balaban J connectivity index is 2.11. The topological polar surface area (TPSA) is 42.7 Å². The van der Waals surface area contributed by atoms with Crippen molar-refractivity contribution in [3.63, 3.8) is 0 Å². The second-order valence-electron chi connectivity index (χ2n) is 5.32. The van der Waals surface area contributed by atoms with E-state index in [1.165, 1.54) is 11.1 Å². The van der Waals surface area contributed by atoms with Crippen LogP contribution in [-0.4, -0.2) is 27.9 Å². The molecule has 0 aliphatic heterocycles. The molecule has 1 aromatic carbocycles. The van der Waals surface area contributed by atoms with Gasteiger partial charge in [-0.05, 0) is 25.5 Å². The number of hydrogen-bond acceptors (Lipinski definition) is 3. The quantitative estimate of drug-likeness (QED) is 0.787. The molecule has 0 radical (unpaired) electrons. The van der Waals surface area contributed by atoms with E-state index in [9.17, 15) is 0 Å². The van der Waals surface area contributed by atoms with E-state index in [4.69, 9.17) is 0 Å². The SMILES string of the molecule is CCCNCC(Cc1ncnn1C)c1ccc(C)cc1. The van der Waals surface area contributed by atoms with Gasteiger partial charge in [-0.15, -0.1) is 0 Å². The molecule has 0 saturated heterocycles. The third-order valence-electron chi connectivity index (χ3n) is 3.60. The molecular formula is C16H24N4. The number of aryl methyl sites for hydroxylation is 2. The third-order valence-corrected chi connectivity index (χ3v) is 3.60. The Hall–Kier alpha value is -1.68. The molecule has 0 bridgehead atoms. The van der Waals surface area contributed by atoms with E-state index in [-0.39, 0.29) is 0 Å². The predicted molar refractivity (Wildman–Crippen MR) is 81.8 cm³/mol. The van der Waals surface area contributed by atoms with E-state index in [1.807, 2.05) is 11.7 Å². The summed E-state index contributed by atoms with van der Waals surface area (Å²) in [6, 6.07) is 8.81. The van der Waals surface area contributed by atoms with Gasteiger partial charge in [0.1, 0.15) is 12.2 Å². The van der Waals surface area contributed by atoms with Gasteiger partial charge in [0.05, 0.1) is 0 Å². The molecule has 4 nitrogen and oxygen atoms in total. The fourth-order valence-corrected chi connectivity index (χ4v) is 2.32. The van der Waals surface area contributed by atoms with Gasteiger partial charge in [0.15, 0.2) is 0 Å². The molecule has 0 fully saturated rings. The van der Waals surface area contributed by atoms with Crippen molar-refractivity contribution in [1.82, 2.24) is 20.1 Å². The minimum atomic E-state index is 0.435. The third kappa shape index (κ3) is 3.90. The van der Waals surface area contributed by atoms with Crippen molar-refractivity contribution in [2.24, 2.45) is 7.05 Å². The molecular weight excluding hydrogens is 248 g/mol. The molecule has 20 heavy (non-hydrogen) atoms. The largest absolute Gasteiger partial charge is 0.316 e. The predicted octanol–water partition coefficient (Wildman–Crippen LogP) is 2.45. The first kappa shape index (κ1) is 14.7. The molecule has 4 heteroatoms. The molecule has 0 spiro atoms. The monoisotopic (exact) mass is 272 g/mol. The Bertz CT molecular complexity index is 516. The van der Waals surface area contributed by atoms with Gasteiger partial charge >= 0.3 is 0 Å². The van der Waals surface area contributed by atoms with Crippen molar-refractivity contribution in [2.45, 2.75) is 32.6 Å². The maximum absolute atomic E-state index is 4.35. The first-order valence-corrected chi connectivity index (χ1v) is 7.31. The standard InChI is InChI=1S/C16H24N4/c1-4-9-17-11-15(10-16-18-12-19-20(16)3)14-7-5-13(2)6-8-14/h5-8,12,15,17H,4,9-11H2,1-3H3. The molecule has 0 aliphatic rings. The molecule has 1 atom stereocenters. The normalized spacial score (nSPS) is 12.6. The summed E-state index contributed by atoms with van der Waals surface area (Å²) < 4.78 is 1.86. The summed E-state index contributed by atoms with van der Waals surface area (Å²) >= 11 is 0. The van der Waals surface area contributed by atoms with Crippen LogP contribution in [0, 0.1) is 6.92 Å². The van der Waals surface area contributed by atoms with Crippen LogP contribution in [0.5, 0.6) is 0 Å². The molecule has 0 saturated carbocycles. The number of nitrogens with zero attached hydrogens (tertiary/aromatic N) is 3.